The van der Waals surface area contributed by atoms with Gasteiger partial charge < -0.3 is 19.5 Å². The van der Waals surface area contributed by atoms with E-state index in [4.69, 9.17) is 8.83 Å². The zero-order chi connectivity index (χ0) is 28.0. The summed E-state index contributed by atoms with van der Waals surface area (Å²) in [5.41, 5.74) is -1.72. The second kappa shape index (κ2) is 11.7. The first-order valence-electron chi connectivity index (χ1n) is 11.5. The fourth-order valence-electron chi connectivity index (χ4n) is 3.78. The molecule has 2 N–H and O–H groups in total. The summed E-state index contributed by atoms with van der Waals surface area (Å²) in [6, 6.07) is 12.9. The van der Waals surface area contributed by atoms with Gasteiger partial charge in [0.2, 0.25) is 11.8 Å². The fraction of sp³-hybridized carbons (Fsp3) is 0.148. The summed E-state index contributed by atoms with van der Waals surface area (Å²) in [7, 11) is 0. The molecule has 2 aromatic carbocycles. The van der Waals surface area contributed by atoms with Crippen LogP contribution < -0.4 is 15.5 Å². The zero-order valence-electron chi connectivity index (χ0n) is 20.1. The lowest BCUT2D eigenvalue weighted by Crippen LogP contribution is -2.48. The van der Waals surface area contributed by atoms with E-state index in [2.05, 4.69) is 10.6 Å². The van der Waals surface area contributed by atoms with Gasteiger partial charge in [-0.25, -0.2) is 4.39 Å². The van der Waals surface area contributed by atoms with Gasteiger partial charge in [-0.1, -0.05) is 24.3 Å². The molecule has 0 aliphatic heterocycles. The van der Waals surface area contributed by atoms with Crippen LogP contribution in [0.5, 0.6) is 0 Å². The van der Waals surface area contributed by atoms with Crippen LogP contribution >= 0.6 is 0 Å². The maximum atomic E-state index is 15.0. The molecule has 2 aromatic heterocycles. The summed E-state index contributed by atoms with van der Waals surface area (Å²) >= 11 is 0. The summed E-state index contributed by atoms with van der Waals surface area (Å²) in [6.45, 7) is -0.886. The van der Waals surface area contributed by atoms with Gasteiger partial charge in [0, 0.05) is 11.3 Å². The number of benzene rings is 2. The van der Waals surface area contributed by atoms with E-state index in [1.54, 1.807) is 12.1 Å². The van der Waals surface area contributed by atoms with Crippen LogP contribution in [0.1, 0.15) is 33.5 Å². The molecule has 202 valence electrons. The van der Waals surface area contributed by atoms with Crippen LogP contribution in [0.25, 0.3) is 0 Å². The Bertz CT molecular complexity index is 1440. The maximum absolute atomic E-state index is 15.0. The third-order valence-electron chi connectivity index (χ3n) is 5.59. The summed E-state index contributed by atoms with van der Waals surface area (Å²) in [6.07, 6.45) is -2.16. The lowest BCUT2D eigenvalue weighted by Gasteiger charge is -2.32. The van der Waals surface area contributed by atoms with Crippen LogP contribution in [-0.4, -0.2) is 24.3 Å². The highest BCUT2D eigenvalue weighted by atomic mass is 19.4. The first kappa shape index (κ1) is 27.2. The fourth-order valence-corrected chi connectivity index (χ4v) is 3.78. The van der Waals surface area contributed by atoms with Crippen molar-refractivity contribution in [2.75, 3.05) is 11.4 Å². The SMILES string of the molecule is O=C(NCC(=O)N(c1cccc(C(F)(F)F)c1)C(C(=O)NCc1ccco1)c1ccccc1F)c1ccco1. The van der Waals surface area contributed by atoms with Crippen molar-refractivity contribution in [3.05, 3.63) is 114 Å². The minimum atomic E-state index is -4.77. The van der Waals surface area contributed by atoms with Gasteiger partial charge >= 0.3 is 6.18 Å². The number of hydrogen-bond donors (Lipinski definition) is 2. The molecule has 4 rings (SSSR count). The van der Waals surface area contributed by atoms with E-state index in [1.807, 2.05) is 0 Å². The standard InChI is InChI=1S/C27H21F4N3O5/c28-21-10-2-1-9-20(21)24(26(37)32-15-19-8-4-12-38-19)34(18-7-3-6-17(14-18)27(29,30)31)23(35)16-33-25(36)22-11-5-13-39-22/h1-14,24H,15-16H2,(H,32,37)(H,33,36). The maximum Gasteiger partial charge on any atom is 0.416 e. The molecule has 0 spiro atoms. The predicted molar refractivity (Wildman–Crippen MR) is 130 cm³/mol. The molecule has 1 atom stereocenters. The number of carbonyl (C=O) groups excluding carboxylic acids is 3. The highest BCUT2D eigenvalue weighted by Gasteiger charge is 2.37. The molecular formula is C27H21F4N3O5. The van der Waals surface area contributed by atoms with Gasteiger partial charge in [-0.15, -0.1) is 0 Å². The second-order valence-electron chi connectivity index (χ2n) is 8.19. The molecule has 0 fully saturated rings. The van der Waals surface area contributed by atoms with Crippen LogP contribution in [0, 0.1) is 5.82 Å². The average Bonchev–Trinajstić information content (AvgIpc) is 3.64. The predicted octanol–water partition coefficient (Wildman–Crippen LogP) is 4.85. The van der Waals surface area contributed by atoms with Gasteiger partial charge in [-0.05, 0) is 48.5 Å². The normalized spacial score (nSPS) is 12.0. The van der Waals surface area contributed by atoms with Crippen LogP contribution in [0.3, 0.4) is 0 Å². The summed E-state index contributed by atoms with van der Waals surface area (Å²) in [5, 5.41) is 4.84. The van der Waals surface area contributed by atoms with Crippen molar-refractivity contribution in [1.82, 2.24) is 10.6 Å². The van der Waals surface area contributed by atoms with Crippen molar-refractivity contribution < 1.29 is 40.8 Å². The largest absolute Gasteiger partial charge is 0.467 e. The van der Waals surface area contributed by atoms with Crippen LogP contribution in [0.4, 0.5) is 23.2 Å². The Morgan fingerprint density at radius 2 is 1.62 bits per heavy atom. The third-order valence-corrected chi connectivity index (χ3v) is 5.59. The molecule has 0 aliphatic rings. The Hall–Kier alpha value is -4.87. The van der Waals surface area contributed by atoms with Gasteiger partial charge in [0.15, 0.2) is 5.76 Å². The number of alkyl halides is 3. The number of nitrogens with zero attached hydrogens (tertiary/aromatic N) is 1. The number of carbonyl (C=O) groups is 3. The van der Waals surface area contributed by atoms with E-state index < -0.39 is 47.9 Å². The molecule has 4 aromatic rings. The number of halogens is 4. The monoisotopic (exact) mass is 543 g/mol. The highest BCUT2D eigenvalue weighted by molar-refractivity contribution is 6.04. The minimum absolute atomic E-state index is 0.115. The first-order valence-corrected chi connectivity index (χ1v) is 11.5. The summed E-state index contributed by atoms with van der Waals surface area (Å²) in [4.78, 5) is 40.1. The average molecular weight is 543 g/mol. The topological polar surface area (TPSA) is 105 Å². The van der Waals surface area contributed by atoms with Crippen LogP contribution in [-0.2, 0) is 22.3 Å². The van der Waals surface area contributed by atoms with Crippen molar-refractivity contribution in [2.24, 2.45) is 0 Å². The van der Waals surface area contributed by atoms with E-state index in [9.17, 15) is 27.6 Å². The van der Waals surface area contributed by atoms with Crippen molar-refractivity contribution >= 4 is 23.4 Å². The zero-order valence-corrected chi connectivity index (χ0v) is 20.1. The molecule has 39 heavy (non-hydrogen) atoms. The van der Waals surface area contributed by atoms with Gasteiger partial charge in [-0.2, -0.15) is 13.2 Å². The Morgan fingerprint density at radius 3 is 2.28 bits per heavy atom. The molecular weight excluding hydrogens is 522 g/mol. The molecule has 0 radical (unpaired) electrons. The van der Waals surface area contributed by atoms with E-state index >= 15 is 4.39 Å². The lowest BCUT2D eigenvalue weighted by atomic mass is 10.0. The van der Waals surface area contributed by atoms with E-state index in [1.165, 1.54) is 48.9 Å². The molecule has 1 unspecified atom stereocenters. The Balaban J connectivity index is 1.75. The van der Waals surface area contributed by atoms with E-state index in [0.29, 0.717) is 16.7 Å². The van der Waals surface area contributed by atoms with Gasteiger partial charge in [0.1, 0.15) is 17.6 Å². The Labute approximate surface area is 219 Å². The molecule has 0 aliphatic carbocycles. The van der Waals surface area contributed by atoms with Gasteiger partial charge in [0.05, 0.1) is 31.2 Å². The second-order valence-corrected chi connectivity index (χ2v) is 8.19. The number of furan rings is 2. The quantitative estimate of drug-likeness (QED) is 0.294. The van der Waals surface area contributed by atoms with Crippen LogP contribution in [0.15, 0.2) is 94.2 Å². The summed E-state index contributed by atoms with van der Waals surface area (Å²) in [5.74, 6) is -3.31. The molecule has 0 saturated carbocycles. The van der Waals surface area contributed by atoms with Crippen molar-refractivity contribution in [2.45, 2.75) is 18.8 Å². The number of rotatable bonds is 9. The number of amides is 3. The Kier molecular flexibility index (Phi) is 8.13. The van der Waals surface area contributed by atoms with E-state index in [-0.39, 0.29) is 23.6 Å². The van der Waals surface area contributed by atoms with Crippen LogP contribution in [0.2, 0.25) is 0 Å². The summed E-state index contributed by atoms with van der Waals surface area (Å²) < 4.78 is 65.8. The highest BCUT2D eigenvalue weighted by Crippen LogP contribution is 2.35. The first-order chi connectivity index (χ1) is 18.6. The van der Waals surface area contributed by atoms with Crippen molar-refractivity contribution in [3.8, 4) is 0 Å². The molecule has 0 bridgehead atoms. The minimum Gasteiger partial charge on any atom is -0.467 e. The van der Waals surface area contributed by atoms with Gasteiger partial charge in [0.25, 0.3) is 5.91 Å². The molecule has 0 saturated heterocycles. The smallest absolute Gasteiger partial charge is 0.416 e. The molecule has 3 amide bonds. The molecule has 12 heteroatoms. The van der Waals surface area contributed by atoms with Crippen molar-refractivity contribution in [1.29, 1.82) is 0 Å². The third kappa shape index (κ3) is 6.53. The number of anilines is 1. The molecule has 2 heterocycles. The number of hydrogen-bond acceptors (Lipinski definition) is 5. The van der Waals surface area contributed by atoms with Crippen molar-refractivity contribution in [3.63, 3.8) is 0 Å². The number of nitrogens with one attached hydrogen (secondary N) is 2. The molecule has 8 nitrogen and oxygen atoms in total. The van der Waals surface area contributed by atoms with Gasteiger partial charge in [-0.3, -0.25) is 19.3 Å². The van der Waals surface area contributed by atoms with E-state index in [0.717, 1.165) is 18.2 Å². The Morgan fingerprint density at radius 1 is 0.872 bits per heavy atom. The lowest BCUT2D eigenvalue weighted by molar-refractivity contribution is -0.137.